The molecule has 1 fully saturated rings. The highest BCUT2D eigenvalue weighted by molar-refractivity contribution is 5.78. The molecule has 2 heterocycles. The molecule has 1 saturated heterocycles. The molecular weight excluding hydrogens is 292 g/mol. The molecule has 1 aliphatic rings. The Morgan fingerprint density at radius 1 is 1.30 bits per heavy atom. The number of aryl methyl sites for hydroxylation is 1. The maximum atomic E-state index is 12.5. The maximum Gasteiger partial charge on any atom is 0.223 e. The van der Waals surface area contributed by atoms with E-state index in [1.165, 1.54) is 0 Å². The molecule has 1 aromatic rings. The lowest BCUT2D eigenvalue weighted by molar-refractivity contribution is -0.135. The number of piperidine rings is 1. The van der Waals surface area contributed by atoms with Crippen molar-refractivity contribution in [1.29, 1.82) is 0 Å². The van der Waals surface area contributed by atoms with Crippen molar-refractivity contribution in [3.05, 3.63) is 30.1 Å². The van der Waals surface area contributed by atoms with E-state index < -0.39 is 0 Å². The van der Waals surface area contributed by atoms with Gasteiger partial charge >= 0.3 is 0 Å². The van der Waals surface area contributed by atoms with Crippen LogP contribution in [0.2, 0.25) is 0 Å². The van der Waals surface area contributed by atoms with E-state index in [2.05, 4.69) is 10.3 Å². The van der Waals surface area contributed by atoms with E-state index in [1.807, 2.05) is 23.1 Å². The van der Waals surface area contributed by atoms with Gasteiger partial charge in [-0.3, -0.25) is 14.6 Å². The summed E-state index contributed by atoms with van der Waals surface area (Å²) in [6.07, 6.45) is 6.27. The summed E-state index contributed by atoms with van der Waals surface area (Å²) in [7, 11) is 0. The molecule has 2 amide bonds. The van der Waals surface area contributed by atoms with Crippen LogP contribution in [0.5, 0.6) is 0 Å². The predicted molar refractivity (Wildman–Crippen MR) is 88.6 cm³/mol. The highest BCUT2D eigenvalue weighted by Crippen LogP contribution is 2.18. The zero-order valence-corrected chi connectivity index (χ0v) is 13.5. The van der Waals surface area contributed by atoms with Gasteiger partial charge in [-0.25, -0.2) is 0 Å². The molecule has 6 nitrogen and oxygen atoms in total. The molecule has 6 heteroatoms. The first-order valence-electron chi connectivity index (χ1n) is 8.37. The molecule has 1 unspecified atom stereocenters. The summed E-state index contributed by atoms with van der Waals surface area (Å²) < 4.78 is 0. The van der Waals surface area contributed by atoms with E-state index in [0.717, 1.165) is 31.5 Å². The Kier molecular flexibility index (Phi) is 7.00. The number of hydrogen-bond donors (Lipinski definition) is 2. The Morgan fingerprint density at radius 2 is 2.17 bits per heavy atom. The number of nitrogens with zero attached hydrogens (tertiary/aromatic N) is 2. The molecule has 2 rings (SSSR count). The molecule has 0 bridgehead atoms. The summed E-state index contributed by atoms with van der Waals surface area (Å²) >= 11 is 0. The first-order valence-corrected chi connectivity index (χ1v) is 8.37. The van der Waals surface area contributed by atoms with E-state index in [-0.39, 0.29) is 17.9 Å². The smallest absolute Gasteiger partial charge is 0.223 e. The van der Waals surface area contributed by atoms with Crippen LogP contribution in [0.1, 0.15) is 37.8 Å². The standard InChI is InChI=1S/C17H26N4O2/c18-10-9-16(22)20-13-15-6-2-4-12-21(15)17(23)8-7-14-5-1-3-11-19-14/h1,3,5,11,15H,2,4,6-10,12-13,18H2,(H,20,22). The van der Waals surface area contributed by atoms with Gasteiger partial charge in [0.2, 0.25) is 11.8 Å². The Bertz CT molecular complexity index is 507. The lowest BCUT2D eigenvalue weighted by atomic mass is 10.0. The average Bonchev–Trinajstić information content (AvgIpc) is 2.59. The highest BCUT2D eigenvalue weighted by atomic mass is 16.2. The minimum atomic E-state index is -0.0426. The van der Waals surface area contributed by atoms with Gasteiger partial charge < -0.3 is 16.0 Å². The molecule has 3 N–H and O–H groups in total. The van der Waals surface area contributed by atoms with Gasteiger partial charge in [0.25, 0.3) is 0 Å². The predicted octanol–water partition coefficient (Wildman–Crippen LogP) is 0.860. The monoisotopic (exact) mass is 318 g/mol. The number of aromatic nitrogens is 1. The van der Waals surface area contributed by atoms with Crippen molar-refractivity contribution >= 4 is 11.8 Å². The number of likely N-dealkylation sites (tertiary alicyclic amines) is 1. The van der Waals surface area contributed by atoms with Crippen LogP contribution in [0, 0.1) is 0 Å². The Balaban J connectivity index is 1.84. The van der Waals surface area contributed by atoms with Crippen molar-refractivity contribution in [2.45, 2.75) is 44.6 Å². The van der Waals surface area contributed by atoms with Crippen molar-refractivity contribution in [1.82, 2.24) is 15.2 Å². The lowest BCUT2D eigenvalue weighted by Crippen LogP contribution is -2.49. The summed E-state index contributed by atoms with van der Waals surface area (Å²) in [6, 6.07) is 5.84. The number of nitrogens with two attached hydrogens (primary N) is 1. The topological polar surface area (TPSA) is 88.3 Å². The van der Waals surface area contributed by atoms with Crippen molar-refractivity contribution < 1.29 is 9.59 Å². The number of rotatable bonds is 7. The average molecular weight is 318 g/mol. The fraction of sp³-hybridized carbons (Fsp3) is 0.588. The normalized spacial score (nSPS) is 17.8. The summed E-state index contributed by atoms with van der Waals surface area (Å²) in [4.78, 5) is 30.3. The minimum absolute atomic E-state index is 0.0426. The molecule has 0 spiro atoms. The van der Waals surface area contributed by atoms with Crippen molar-refractivity contribution in [2.24, 2.45) is 5.73 Å². The molecule has 0 aromatic carbocycles. The number of carbonyl (C=O) groups is 2. The maximum absolute atomic E-state index is 12.5. The van der Waals surface area contributed by atoms with Crippen LogP contribution < -0.4 is 11.1 Å². The largest absolute Gasteiger partial charge is 0.354 e. The number of pyridine rings is 1. The summed E-state index contributed by atoms with van der Waals surface area (Å²) in [6.45, 7) is 1.65. The SMILES string of the molecule is NCCC(=O)NCC1CCCCN1C(=O)CCc1ccccn1. The molecule has 126 valence electrons. The third kappa shape index (κ3) is 5.63. The molecule has 1 aromatic heterocycles. The first kappa shape index (κ1) is 17.4. The van der Waals surface area contributed by atoms with Crippen molar-refractivity contribution in [3.63, 3.8) is 0 Å². The van der Waals surface area contributed by atoms with Gasteiger partial charge in [0.15, 0.2) is 0 Å². The molecule has 1 atom stereocenters. The van der Waals surface area contributed by atoms with Crippen LogP contribution in [-0.2, 0) is 16.0 Å². The van der Waals surface area contributed by atoms with Gasteiger partial charge in [-0.15, -0.1) is 0 Å². The van der Waals surface area contributed by atoms with E-state index in [9.17, 15) is 9.59 Å². The van der Waals surface area contributed by atoms with E-state index in [4.69, 9.17) is 5.73 Å². The Labute approximate surface area is 137 Å². The Morgan fingerprint density at radius 3 is 2.91 bits per heavy atom. The van der Waals surface area contributed by atoms with Crippen LogP contribution in [0.15, 0.2) is 24.4 Å². The van der Waals surface area contributed by atoms with Crippen LogP contribution >= 0.6 is 0 Å². The first-order chi connectivity index (χ1) is 11.2. The van der Waals surface area contributed by atoms with Crippen molar-refractivity contribution in [2.75, 3.05) is 19.6 Å². The molecule has 1 aliphatic heterocycles. The summed E-state index contributed by atoms with van der Waals surface area (Å²) in [5.41, 5.74) is 6.31. The Hall–Kier alpha value is -1.95. The number of nitrogens with one attached hydrogen (secondary N) is 1. The fourth-order valence-electron chi connectivity index (χ4n) is 2.92. The van der Waals surface area contributed by atoms with E-state index in [1.54, 1.807) is 6.20 Å². The van der Waals surface area contributed by atoms with Crippen LogP contribution in [-0.4, -0.2) is 47.4 Å². The third-order valence-corrected chi connectivity index (χ3v) is 4.17. The number of amides is 2. The third-order valence-electron chi connectivity index (χ3n) is 4.17. The number of carbonyl (C=O) groups excluding carboxylic acids is 2. The van der Waals surface area contributed by atoms with Crippen molar-refractivity contribution in [3.8, 4) is 0 Å². The molecule has 0 radical (unpaired) electrons. The van der Waals surface area contributed by atoms with E-state index >= 15 is 0 Å². The van der Waals surface area contributed by atoms with Gasteiger partial charge in [-0.05, 0) is 37.8 Å². The number of hydrogen-bond acceptors (Lipinski definition) is 4. The van der Waals surface area contributed by atoms with E-state index in [0.29, 0.717) is 32.4 Å². The van der Waals surface area contributed by atoms with Gasteiger partial charge in [0, 0.05) is 50.4 Å². The second-order valence-electron chi connectivity index (χ2n) is 5.90. The minimum Gasteiger partial charge on any atom is -0.354 e. The van der Waals surface area contributed by atoms with Gasteiger partial charge in [0.05, 0.1) is 0 Å². The lowest BCUT2D eigenvalue weighted by Gasteiger charge is -2.36. The van der Waals surface area contributed by atoms with Gasteiger partial charge in [0.1, 0.15) is 0 Å². The van der Waals surface area contributed by atoms with Crippen LogP contribution in [0.3, 0.4) is 0 Å². The fourth-order valence-corrected chi connectivity index (χ4v) is 2.92. The molecule has 0 saturated carbocycles. The zero-order valence-electron chi connectivity index (χ0n) is 13.5. The molecule has 23 heavy (non-hydrogen) atoms. The summed E-state index contributed by atoms with van der Waals surface area (Å²) in [5.74, 6) is 0.104. The zero-order chi connectivity index (χ0) is 16.5. The molecular formula is C17H26N4O2. The van der Waals surface area contributed by atoms with Gasteiger partial charge in [-0.1, -0.05) is 6.07 Å². The quantitative estimate of drug-likeness (QED) is 0.780. The van der Waals surface area contributed by atoms with Crippen LogP contribution in [0.25, 0.3) is 0 Å². The summed E-state index contributed by atoms with van der Waals surface area (Å²) in [5, 5.41) is 2.89. The second kappa shape index (κ2) is 9.25. The second-order valence-corrected chi connectivity index (χ2v) is 5.90. The molecule has 0 aliphatic carbocycles. The van der Waals surface area contributed by atoms with Gasteiger partial charge in [-0.2, -0.15) is 0 Å². The van der Waals surface area contributed by atoms with Crippen LogP contribution in [0.4, 0.5) is 0 Å². The highest BCUT2D eigenvalue weighted by Gasteiger charge is 2.26.